The van der Waals surface area contributed by atoms with Crippen LogP contribution in [0.3, 0.4) is 0 Å². The van der Waals surface area contributed by atoms with Crippen molar-refractivity contribution in [2.45, 2.75) is 18.8 Å². The molecule has 1 aliphatic rings. The van der Waals surface area contributed by atoms with Gasteiger partial charge in [-0.25, -0.2) is 8.78 Å². The van der Waals surface area contributed by atoms with Crippen LogP contribution in [-0.4, -0.2) is 19.0 Å². The van der Waals surface area contributed by atoms with Crippen LogP contribution < -0.4 is 4.90 Å². The average molecular weight is 253 g/mol. The molecule has 1 fully saturated rings. The largest absolute Gasteiger partial charge is 0.371 e. The van der Waals surface area contributed by atoms with Crippen LogP contribution in [0.25, 0.3) is 10.1 Å². The van der Waals surface area contributed by atoms with E-state index in [2.05, 4.69) is 28.5 Å². The summed E-state index contributed by atoms with van der Waals surface area (Å²) in [6.07, 6.45) is -0.0645. The van der Waals surface area contributed by atoms with Crippen molar-refractivity contribution < 1.29 is 8.78 Å². The van der Waals surface area contributed by atoms with Crippen LogP contribution in [0.5, 0.6) is 0 Å². The molecule has 0 unspecified atom stereocenters. The molecule has 0 N–H and O–H groups in total. The third kappa shape index (κ3) is 2.14. The summed E-state index contributed by atoms with van der Waals surface area (Å²) in [5.74, 6) is -2.47. The summed E-state index contributed by atoms with van der Waals surface area (Å²) in [6, 6.07) is 8.27. The number of fused-ring (bicyclic) bond motifs is 1. The minimum atomic E-state index is -2.47. The van der Waals surface area contributed by atoms with Crippen LogP contribution >= 0.6 is 11.3 Å². The maximum Gasteiger partial charge on any atom is 0.251 e. The molecular weight excluding hydrogens is 240 g/mol. The van der Waals surface area contributed by atoms with E-state index in [0.717, 1.165) is 5.69 Å². The lowest BCUT2D eigenvalue weighted by Crippen LogP contribution is -2.39. The lowest BCUT2D eigenvalue weighted by molar-refractivity contribution is -0.0220. The maximum absolute atomic E-state index is 13.1. The minimum Gasteiger partial charge on any atom is -0.371 e. The van der Waals surface area contributed by atoms with Crippen molar-refractivity contribution in [1.29, 1.82) is 0 Å². The highest BCUT2D eigenvalue weighted by atomic mass is 32.1. The summed E-state index contributed by atoms with van der Waals surface area (Å²) in [6.45, 7) is 0.897. The zero-order valence-corrected chi connectivity index (χ0v) is 10.1. The Labute approximate surface area is 103 Å². The molecule has 1 aromatic heterocycles. The Morgan fingerprint density at radius 3 is 2.65 bits per heavy atom. The lowest BCUT2D eigenvalue weighted by Gasteiger charge is -2.33. The van der Waals surface area contributed by atoms with Crippen LogP contribution in [0.15, 0.2) is 29.6 Å². The molecule has 1 saturated heterocycles. The Bertz CT molecular complexity index is 525. The number of anilines is 1. The van der Waals surface area contributed by atoms with Gasteiger partial charge in [-0.1, -0.05) is 6.07 Å². The molecule has 17 heavy (non-hydrogen) atoms. The van der Waals surface area contributed by atoms with Gasteiger partial charge in [0.15, 0.2) is 0 Å². The molecule has 2 aromatic rings. The van der Waals surface area contributed by atoms with Gasteiger partial charge in [0, 0.05) is 36.3 Å². The number of nitrogens with zero attached hydrogens (tertiary/aromatic N) is 1. The van der Waals surface area contributed by atoms with E-state index in [0.29, 0.717) is 13.1 Å². The molecule has 90 valence electrons. The highest BCUT2D eigenvalue weighted by Gasteiger charge is 2.33. The van der Waals surface area contributed by atoms with Gasteiger partial charge in [-0.3, -0.25) is 0 Å². The van der Waals surface area contributed by atoms with Crippen molar-refractivity contribution in [3.8, 4) is 0 Å². The zero-order chi connectivity index (χ0) is 11.9. The van der Waals surface area contributed by atoms with Crippen LogP contribution in [0.2, 0.25) is 0 Å². The van der Waals surface area contributed by atoms with Crippen LogP contribution in [0.1, 0.15) is 12.8 Å². The summed E-state index contributed by atoms with van der Waals surface area (Å²) in [4.78, 5) is 2.05. The van der Waals surface area contributed by atoms with Crippen LogP contribution in [-0.2, 0) is 0 Å². The third-order valence-electron chi connectivity index (χ3n) is 3.30. The van der Waals surface area contributed by atoms with Crippen molar-refractivity contribution in [1.82, 2.24) is 0 Å². The van der Waals surface area contributed by atoms with Crippen LogP contribution in [0, 0.1) is 0 Å². The van der Waals surface area contributed by atoms with Crippen molar-refractivity contribution in [3.63, 3.8) is 0 Å². The van der Waals surface area contributed by atoms with E-state index in [1.807, 2.05) is 6.07 Å². The standard InChI is InChI=1S/C13H13F2NS/c14-13(15)4-6-16(7-5-13)11-2-1-10-3-8-17-12(10)9-11/h1-3,8-9H,4-7H2. The number of piperidine rings is 1. The summed E-state index contributed by atoms with van der Waals surface area (Å²) in [7, 11) is 0. The second-order valence-corrected chi connectivity index (χ2v) is 5.43. The van der Waals surface area contributed by atoms with E-state index in [1.165, 1.54) is 10.1 Å². The van der Waals surface area contributed by atoms with Gasteiger partial charge >= 0.3 is 0 Å². The molecule has 1 aliphatic heterocycles. The lowest BCUT2D eigenvalue weighted by atomic mass is 10.1. The normalized spacial score (nSPS) is 19.8. The molecule has 0 bridgehead atoms. The number of hydrogen-bond donors (Lipinski definition) is 0. The number of thiophene rings is 1. The van der Waals surface area contributed by atoms with Crippen molar-refractivity contribution in [3.05, 3.63) is 29.6 Å². The molecule has 1 nitrogen and oxygen atoms in total. The average Bonchev–Trinajstić information content (AvgIpc) is 2.76. The first kappa shape index (κ1) is 11.0. The molecule has 0 saturated carbocycles. The SMILES string of the molecule is FC1(F)CCN(c2ccc3ccsc3c2)CC1. The second kappa shape index (κ2) is 3.95. The van der Waals surface area contributed by atoms with Gasteiger partial charge < -0.3 is 4.90 Å². The Balaban J connectivity index is 1.84. The summed E-state index contributed by atoms with van der Waals surface area (Å²) in [5.41, 5.74) is 1.07. The Morgan fingerprint density at radius 2 is 1.88 bits per heavy atom. The fourth-order valence-electron chi connectivity index (χ4n) is 2.23. The Kier molecular flexibility index (Phi) is 2.54. The number of alkyl halides is 2. The molecule has 1 aromatic carbocycles. The first-order valence-electron chi connectivity index (χ1n) is 5.74. The van der Waals surface area contributed by atoms with Gasteiger partial charge in [0.1, 0.15) is 0 Å². The summed E-state index contributed by atoms with van der Waals surface area (Å²) in [5, 5.41) is 3.28. The van der Waals surface area contributed by atoms with E-state index in [-0.39, 0.29) is 12.8 Å². The molecule has 0 radical (unpaired) electrons. The van der Waals surface area contributed by atoms with Crippen molar-refractivity contribution >= 4 is 27.1 Å². The Hall–Kier alpha value is -1.16. The van der Waals surface area contributed by atoms with E-state index < -0.39 is 5.92 Å². The molecule has 4 heteroatoms. The molecule has 3 rings (SSSR count). The zero-order valence-electron chi connectivity index (χ0n) is 9.33. The molecule has 2 heterocycles. The van der Waals surface area contributed by atoms with Gasteiger partial charge in [-0.05, 0) is 29.0 Å². The number of benzene rings is 1. The molecule has 0 spiro atoms. The summed E-state index contributed by atoms with van der Waals surface area (Å²) < 4.78 is 27.4. The van der Waals surface area contributed by atoms with E-state index in [4.69, 9.17) is 0 Å². The van der Waals surface area contributed by atoms with E-state index in [9.17, 15) is 8.78 Å². The predicted octanol–water partition coefficient (Wildman–Crippen LogP) is 4.14. The van der Waals surface area contributed by atoms with Gasteiger partial charge in [0.25, 0.3) is 5.92 Å². The number of hydrogen-bond acceptors (Lipinski definition) is 2. The number of rotatable bonds is 1. The van der Waals surface area contributed by atoms with Gasteiger partial charge in [-0.2, -0.15) is 0 Å². The molecule has 0 atom stereocenters. The highest BCUT2D eigenvalue weighted by Crippen LogP contribution is 2.32. The fraction of sp³-hybridized carbons (Fsp3) is 0.385. The fourth-order valence-corrected chi connectivity index (χ4v) is 3.05. The third-order valence-corrected chi connectivity index (χ3v) is 4.18. The Morgan fingerprint density at radius 1 is 1.12 bits per heavy atom. The highest BCUT2D eigenvalue weighted by molar-refractivity contribution is 7.17. The van der Waals surface area contributed by atoms with Crippen molar-refractivity contribution in [2.24, 2.45) is 0 Å². The first-order chi connectivity index (χ1) is 8.14. The van der Waals surface area contributed by atoms with Gasteiger partial charge in [0.2, 0.25) is 0 Å². The monoisotopic (exact) mass is 253 g/mol. The van der Waals surface area contributed by atoms with Crippen molar-refractivity contribution in [2.75, 3.05) is 18.0 Å². The smallest absolute Gasteiger partial charge is 0.251 e. The molecular formula is C13H13F2NS. The minimum absolute atomic E-state index is 0.0323. The van der Waals surface area contributed by atoms with Gasteiger partial charge in [-0.15, -0.1) is 11.3 Å². The quantitative estimate of drug-likeness (QED) is 0.738. The first-order valence-corrected chi connectivity index (χ1v) is 6.62. The van der Waals surface area contributed by atoms with E-state index in [1.54, 1.807) is 11.3 Å². The second-order valence-electron chi connectivity index (χ2n) is 4.49. The van der Waals surface area contributed by atoms with Crippen LogP contribution in [0.4, 0.5) is 14.5 Å². The maximum atomic E-state index is 13.1. The molecule has 0 aliphatic carbocycles. The topological polar surface area (TPSA) is 3.24 Å². The number of halogens is 2. The molecule has 0 amide bonds. The van der Waals surface area contributed by atoms with Gasteiger partial charge in [0.05, 0.1) is 0 Å². The summed E-state index contributed by atoms with van der Waals surface area (Å²) >= 11 is 1.69. The van der Waals surface area contributed by atoms with E-state index >= 15 is 0 Å². The predicted molar refractivity (Wildman–Crippen MR) is 68.2 cm³/mol.